The number of rotatable bonds is 20. The van der Waals surface area contributed by atoms with Crippen LogP contribution in [0.15, 0.2) is 0 Å². The highest BCUT2D eigenvalue weighted by molar-refractivity contribution is 4.81. The molecule has 39 heavy (non-hydrogen) atoms. The summed E-state index contributed by atoms with van der Waals surface area (Å²) in [5.74, 6) is 4.19. The molecule has 0 aromatic rings. The lowest BCUT2D eigenvalue weighted by molar-refractivity contribution is -0.0776. The van der Waals surface area contributed by atoms with Crippen LogP contribution >= 0.6 is 0 Å². The smallest absolute Gasteiger partial charge is 0.0648 e. The Morgan fingerprint density at radius 1 is 0.718 bits per heavy atom. The monoisotopic (exact) mass is 557 g/mol. The van der Waals surface area contributed by atoms with Crippen LogP contribution in [0.5, 0.6) is 0 Å². The molecule has 4 heteroatoms. The fourth-order valence-corrected chi connectivity index (χ4v) is 5.39. The van der Waals surface area contributed by atoms with Gasteiger partial charge in [0.25, 0.3) is 0 Å². The van der Waals surface area contributed by atoms with Crippen LogP contribution in [0, 0.1) is 35.5 Å². The zero-order chi connectivity index (χ0) is 29.8. The molecule has 4 unspecified atom stereocenters. The molecule has 1 aliphatic rings. The Bertz CT molecular complexity index is 535. The van der Waals surface area contributed by atoms with Gasteiger partial charge in [0.1, 0.15) is 0 Å². The lowest BCUT2D eigenvalue weighted by Crippen LogP contribution is -2.35. The third-order valence-electron chi connectivity index (χ3n) is 8.26. The average molecular weight is 557 g/mol. The summed E-state index contributed by atoms with van der Waals surface area (Å²) in [6, 6.07) is 0. The van der Waals surface area contributed by atoms with Crippen molar-refractivity contribution in [3.63, 3.8) is 0 Å². The molecule has 1 N–H and O–H groups in total. The van der Waals surface area contributed by atoms with Crippen LogP contribution in [0.25, 0.3) is 0 Å². The van der Waals surface area contributed by atoms with Gasteiger partial charge < -0.3 is 19.3 Å². The number of hydrogen-bond donors (Lipinski definition) is 1. The Labute approximate surface area is 245 Å². The van der Waals surface area contributed by atoms with E-state index in [-0.39, 0.29) is 11.7 Å². The molecule has 1 fully saturated rings. The van der Waals surface area contributed by atoms with E-state index in [0.29, 0.717) is 24.5 Å². The Kier molecular flexibility index (Phi) is 22.3. The van der Waals surface area contributed by atoms with Crippen LogP contribution in [-0.4, -0.2) is 49.3 Å². The molecular weight excluding hydrogens is 484 g/mol. The second-order valence-electron chi connectivity index (χ2n) is 14.6. The number of ether oxygens (including phenoxy) is 3. The van der Waals surface area contributed by atoms with E-state index in [1.807, 2.05) is 0 Å². The SMILES string of the molecule is CC(C)CCCC(C)CCCC1CCC(COC(C)(C)CCOC(C)C)C(CO)C1.CC(C)CCOC(C)C. The van der Waals surface area contributed by atoms with E-state index in [2.05, 4.69) is 76.2 Å². The van der Waals surface area contributed by atoms with Gasteiger partial charge in [-0.3, -0.25) is 0 Å². The van der Waals surface area contributed by atoms with Crippen molar-refractivity contribution < 1.29 is 19.3 Å². The molecule has 0 aromatic heterocycles. The fourth-order valence-electron chi connectivity index (χ4n) is 5.39. The Balaban J connectivity index is 0.00000137. The maximum atomic E-state index is 9.99. The molecule has 0 aliphatic heterocycles. The van der Waals surface area contributed by atoms with Gasteiger partial charge >= 0.3 is 0 Å². The van der Waals surface area contributed by atoms with Gasteiger partial charge in [0.15, 0.2) is 0 Å². The normalized spacial score (nSPS) is 21.1. The summed E-state index contributed by atoms with van der Waals surface area (Å²) in [5.41, 5.74) is -0.155. The third-order valence-corrected chi connectivity index (χ3v) is 8.26. The highest BCUT2D eigenvalue weighted by atomic mass is 16.5. The van der Waals surface area contributed by atoms with Crippen LogP contribution in [0.1, 0.15) is 147 Å². The average Bonchev–Trinajstić information content (AvgIpc) is 2.82. The third kappa shape index (κ3) is 23.1. The van der Waals surface area contributed by atoms with Gasteiger partial charge in [-0.2, -0.15) is 0 Å². The first-order chi connectivity index (χ1) is 18.3. The van der Waals surface area contributed by atoms with E-state index in [0.717, 1.165) is 49.9 Å². The summed E-state index contributed by atoms with van der Waals surface area (Å²) in [6.07, 6.45) is 14.7. The molecule has 4 nitrogen and oxygen atoms in total. The van der Waals surface area contributed by atoms with E-state index >= 15 is 0 Å². The number of hydrogen-bond acceptors (Lipinski definition) is 4. The van der Waals surface area contributed by atoms with Crippen molar-refractivity contribution in [2.45, 2.75) is 165 Å². The first-order valence-corrected chi connectivity index (χ1v) is 16.7. The molecule has 0 bridgehead atoms. The van der Waals surface area contributed by atoms with Crippen molar-refractivity contribution in [1.29, 1.82) is 0 Å². The Morgan fingerprint density at radius 3 is 1.87 bits per heavy atom. The van der Waals surface area contributed by atoms with Crippen LogP contribution in [0.3, 0.4) is 0 Å². The van der Waals surface area contributed by atoms with Crippen LogP contribution in [-0.2, 0) is 14.2 Å². The van der Waals surface area contributed by atoms with Gasteiger partial charge in [-0.15, -0.1) is 0 Å². The predicted octanol–water partition coefficient (Wildman–Crippen LogP) is 9.71. The standard InChI is InChI=1S/C27H54O3.C8H18O/c1-21(2)10-8-11-23(5)12-9-13-24-14-15-25(26(18-24)19-28)20-30-27(6,7)16-17-29-22(3)4;1-7(2)5-6-9-8(3)4/h21-26,28H,8-20H2,1-7H3;7-8H,5-6H2,1-4H3. The van der Waals surface area contributed by atoms with Crippen LogP contribution < -0.4 is 0 Å². The van der Waals surface area contributed by atoms with Gasteiger partial charge in [0, 0.05) is 19.8 Å². The fraction of sp³-hybridized carbons (Fsp3) is 1.00. The van der Waals surface area contributed by atoms with Crippen molar-refractivity contribution in [3.8, 4) is 0 Å². The molecule has 1 rings (SSSR count). The van der Waals surface area contributed by atoms with E-state index in [1.54, 1.807) is 0 Å². The largest absolute Gasteiger partial charge is 0.396 e. The van der Waals surface area contributed by atoms with Gasteiger partial charge in [-0.1, -0.05) is 79.6 Å². The lowest BCUT2D eigenvalue weighted by Gasteiger charge is -2.37. The van der Waals surface area contributed by atoms with E-state index in [1.165, 1.54) is 64.2 Å². The van der Waals surface area contributed by atoms with Crippen molar-refractivity contribution in [2.24, 2.45) is 35.5 Å². The van der Waals surface area contributed by atoms with Crippen molar-refractivity contribution in [3.05, 3.63) is 0 Å². The highest BCUT2D eigenvalue weighted by Crippen LogP contribution is 2.37. The molecule has 1 saturated carbocycles. The second-order valence-corrected chi connectivity index (χ2v) is 14.6. The molecule has 1 aliphatic carbocycles. The van der Waals surface area contributed by atoms with E-state index in [4.69, 9.17) is 14.2 Å². The summed E-state index contributed by atoms with van der Waals surface area (Å²) in [6.45, 7) is 26.9. The minimum absolute atomic E-state index is 0.155. The topological polar surface area (TPSA) is 47.9 Å². The van der Waals surface area contributed by atoms with Gasteiger partial charge in [0.05, 0.1) is 24.4 Å². The minimum atomic E-state index is -0.155. The molecule has 0 saturated heterocycles. The molecule has 4 atom stereocenters. The maximum absolute atomic E-state index is 9.99. The second kappa shape index (κ2) is 22.4. The summed E-state index contributed by atoms with van der Waals surface area (Å²) in [5, 5.41) is 9.99. The Hall–Kier alpha value is -0.160. The summed E-state index contributed by atoms with van der Waals surface area (Å²) in [4.78, 5) is 0. The molecule has 0 amide bonds. The van der Waals surface area contributed by atoms with Crippen LogP contribution in [0.4, 0.5) is 0 Å². The molecule has 0 heterocycles. The molecule has 0 radical (unpaired) electrons. The summed E-state index contributed by atoms with van der Waals surface area (Å²) >= 11 is 0. The minimum Gasteiger partial charge on any atom is -0.396 e. The molecule has 0 spiro atoms. The summed E-state index contributed by atoms with van der Waals surface area (Å²) < 4.78 is 17.3. The zero-order valence-electron chi connectivity index (χ0n) is 28.4. The first kappa shape index (κ1) is 38.8. The van der Waals surface area contributed by atoms with Crippen LogP contribution in [0.2, 0.25) is 0 Å². The molecule has 236 valence electrons. The lowest BCUT2D eigenvalue weighted by atomic mass is 9.73. The predicted molar refractivity (Wildman–Crippen MR) is 169 cm³/mol. The highest BCUT2D eigenvalue weighted by Gasteiger charge is 2.31. The first-order valence-electron chi connectivity index (χ1n) is 16.7. The number of aliphatic hydroxyl groups is 1. The number of aliphatic hydroxyl groups excluding tert-OH is 1. The van der Waals surface area contributed by atoms with Crippen molar-refractivity contribution >= 4 is 0 Å². The maximum Gasteiger partial charge on any atom is 0.0648 e. The summed E-state index contributed by atoms with van der Waals surface area (Å²) in [7, 11) is 0. The quantitative estimate of drug-likeness (QED) is 0.162. The van der Waals surface area contributed by atoms with Gasteiger partial charge in [-0.05, 0) is 103 Å². The van der Waals surface area contributed by atoms with E-state index in [9.17, 15) is 5.11 Å². The van der Waals surface area contributed by atoms with Gasteiger partial charge in [-0.25, -0.2) is 0 Å². The zero-order valence-corrected chi connectivity index (χ0v) is 28.4. The molecule has 0 aromatic carbocycles. The molecular formula is C35H72O4. The van der Waals surface area contributed by atoms with E-state index < -0.39 is 0 Å². The van der Waals surface area contributed by atoms with Gasteiger partial charge in [0.2, 0.25) is 0 Å². The van der Waals surface area contributed by atoms with Crippen molar-refractivity contribution in [1.82, 2.24) is 0 Å². The van der Waals surface area contributed by atoms with Crippen molar-refractivity contribution in [2.75, 3.05) is 26.4 Å². The Morgan fingerprint density at radius 2 is 1.31 bits per heavy atom.